The monoisotopic (exact) mass is 421 g/mol. The van der Waals surface area contributed by atoms with E-state index in [0.29, 0.717) is 30.3 Å². The first-order chi connectivity index (χ1) is 13.9. The van der Waals surface area contributed by atoms with Crippen molar-refractivity contribution in [3.8, 4) is 11.5 Å². The molecular weight excluding hydrogens is 401 g/mol. The van der Waals surface area contributed by atoms with E-state index in [9.17, 15) is 17.6 Å². The van der Waals surface area contributed by atoms with Crippen LogP contribution in [0.1, 0.15) is 0 Å². The number of nitrogens with zero attached hydrogens (tertiary/aromatic N) is 2. The molecule has 8 nitrogen and oxygen atoms in total. The van der Waals surface area contributed by atoms with Crippen LogP contribution in [-0.2, 0) is 14.8 Å². The number of carbonyl (C=O) groups is 1. The molecule has 2 aromatic carbocycles. The molecule has 0 aromatic heterocycles. The van der Waals surface area contributed by atoms with Gasteiger partial charge >= 0.3 is 0 Å². The first-order valence-electron chi connectivity index (χ1n) is 9.10. The van der Waals surface area contributed by atoms with Crippen molar-refractivity contribution < 1.29 is 27.1 Å². The average molecular weight is 421 g/mol. The number of hydrogen-bond donors (Lipinski definition) is 1. The quantitative estimate of drug-likeness (QED) is 0.787. The minimum Gasteiger partial charge on any atom is -0.454 e. The smallest absolute Gasteiger partial charge is 0.246 e. The van der Waals surface area contributed by atoms with Gasteiger partial charge in [0.05, 0.1) is 6.54 Å². The van der Waals surface area contributed by atoms with E-state index in [1.54, 1.807) is 18.2 Å². The maximum Gasteiger partial charge on any atom is 0.246 e. The van der Waals surface area contributed by atoms with Gasteiger partial charge in [0.25, 0.3) is 0 Å². The summed E-state index contributed by atoms with van der Waals surface area (Å²) in [6.45, 7) is 1.42. The number of benzene rings is 2. The van der Waals surface area contributed by atoms with Gasteiger partial charge in [-0.3, -0.25) is 9.69 Å². The molecule has 0 bridgehead atoms. The lowest BCUT2D eigenvalue weighted by atomic mass is 10.2. The molecule has 1 saturated heterocycles. The normalized spacial score (nSPS) is 17.3. The van der Waals surface area contributed by atoms with Crippen LogP contribution in [0.3, 0.4) is 0 Å². The van der Waals surface area contributed by atoms with Crippen LogP contribution in [0.5, 0.6) is 11.5 Å². The van der Waals surface area contributed by atoms with Crippen LogP contribution < -0.4 is 14.8 Å². The third kappa shape index (κ3) is 4.19. The summed E-state index contributed by atoms with van der Waals surface area (Å²) < 4.78 is 50.9. The standard InChI is InChI=1S/C19H20FN3O5S/c20-15-3-1-2-4-18(15)29(25,26)23-9-7-22(8-10-23)12-19(24)21-14-5-6-16-17(11-14)28-13-27-16/h1-6,11H,7-10,12-13H2,(H,21,24). The molecule has 0 spiro atoms. The van der Waals surface area contributed by atoms with Gasteiger partial charge in [-0.05, 0) is 24.3 Å². The molecule has 2 aromatic rings. The molecule has 2 heterocycles. The van der Waals surface area contributed by atoms with Crippen LogP contribution in [0.25, 0.3) is 0 Å². The van der Waals surface area contributed by atoms with Crippen molar-refractivity contribution in [1.82, 2.24) is 9.21 Å². The van der Waals surface area contributed by atoms with E-state index >= 15 is 0 Å². The summed E-state index contributed by atoms with van der Waals surface area (Å²) in [5, 5.41) is 2.80. The number of rotatable bonds is 5. The van der Waals surface area contributed by atoms with Crippen molar-refractivity contribution >= 4 is 21.6 Å². The molecule has 0 aliphatic carbocycles. The SMILES string of the molecule is O=C(CN1CCN(S(=O)(=O)c2ccccc2F)CC1)Nc1ccc2c(c1)OCO2. The molecule has 154 valence electrons. The van der Waals surface area contributed by atoms with Crippen LogP contribution in [0.2, 0.25) is 0 Å². The number of amides is 1. The van der Waals surface area contributed by atoms with E-state index in [1.165, 1.54) is 22.5 Å². The minimum atomic E-state index is -3.89. The van der Waals surface area contributed by atoms with Crippen LogP contribution in [0.4, 0.5) is 10.1 Å². The molecule has 1 amide bonds. The van der Waals surface area contributed by atoms with E-state index in [-0.39, 0.29) is 37.2 Å². The van der Waals surface area contributed by atoms with Crippen molar-refractivity contribution in [3.63, 3.8) is 0 Å². The molecule has 1 fully saturated rings. The number of carbonyl (C=O) groups excluding carboxylic acids is 1. The number of anilines is 1. The molecule has 10 heteroatoms. The Morgan fingerprint density at radius 1 is 1.03 bits per heavy atom. The second-order valence-electron chi connectivity index (χ2n) is 6.73. The Labute approximate surface area is 167 Å². The predicted molar refractivity (Wildman–Crippen MR) is 103 cm³/mol. The maximum absolute atomic E-state index is 13.9. The first kappa shape index (κ1) is 19.6. The molecule has 1 N–H and O–H groups in total. The van der Waals surface area contributed by atoms with Gasteiger partial charge < -0.3 is 14.8 Å². The molecule has 0 radical (unpaired) electrons. The van der Waals surface area contributed by atoms with E-state index in [0.717, 1.165) is 6.07 Å². The number of hydrogen-bond acceptors (Lipinski definition) is 6. The van der Waals surface area contributed by atoms with Crippen molar-refractivity contribution in [2.24, 2.45) is 0 Å². The van der Waals surface area contributed by atoms with Crippen LogP contribution >= 0.6 is 0 Å². The largest absolute Gasteiger partial charge is 0.454 e. The van der Waals surface area contributed by atoms with Crippen molar-refractivity contribution in [1.29, 1.82) is 0 Å². The lowest BCUT2D eigenvalue weighted by Gasteiger charge is -2.33. The summed E-state index contributed by atoms with van der Waals surface area (Å²) in [6.07, 6.45) is 0. The van der Waals surface area contributed by atoms with Gasteiger partial charge in [-0.1, -0.05) is 12.1 Å². The average Bonchev–Trinajstić information content (AvgIpc) is 3.16. The van der Waals surface area contributed by atoms with Gasteiger partial charge in [0, 0.05) is 37.9 Å². The molecule has 0 saturated carbocycles. The summed E-state index contributed by atoms with van der Waals surface area (Å²) >= 11 is 0. The van der Waals surface area contributed by atoms with Crippen LogP contribution in [-0.4, -0.2) is 63.0 Å². The third-order valence-corrected chi connectivity index (χ3v) is 6.74. The highest BCUT2D eigenvalue weighted by Crippen LogP contribution is 2.34. The topological polar surface area (TPSA) is 88.2 Å². The second-order valence-corrected chi connectivity index (χ2v) is 8.63. The minimum absolute atomic E-state index is 0.127. The number of fused-ring (bicyclic) bond motifs is 1. The molecule has 4 rings (SSSR count). The van der Waals surface area contributed by atoms with Gasteiger partial charge in [0.1, 0.15) is 10.7 Å². The zero-order valence-electron chi connectivity index (χ0n) is 15.5. The Kier molecular flexibility index (Phi) is 5.39. The first-order valence-corrected chi connectivity index (χ1v) is 10.5. The molecule has 0 unspecified atom stereocenters. The van der Waals surface area contributed by atoms with Gasteiger partial charge in [0.15, 0.2) is 11.5 Å². The zero-order valence-corrected chi connectivity index (χ0v) is 16.3. The number of sulfonamides is 1. The highest BCUT2D eigenvalue weighted by atomic mass is 32.2. The van der Waals surface area contributed by atoms with Crippen molar-refractivity contribution in [2.75, 3.05) is 44.8 Å². The lowest BCUT2D eigenvalue weighted by molar-refractivity contribution is -0.117. The predicted octanol–water partition coefficient (Wildman–Crippen LogP) is 1.50. The Morgan fingerprint density at radius 3 is 2.52 bits per heavy atom. The van der Waals surface area contributed by atoms with Crippen LogP contribution in [0.15, 0.2) is 47.4 Å². The van der Waals surface area contributed by atoms with E-state index in [4.69, 9.17) is 9.47 Å². The van der Waals surface area contributed by atoms with Gasteiger partial charge in [-0.15, -0.1) is 0 Å². The highest BCUT2D eigenvalue weighted by molar-refractivity contribution is 7.89. The maximum atomic E-state index is 13.9. The summed E-state index contributed by atoms with van der Waals surface area (Å²) in [4.78, 5) is 13.9. The number of halogens is 1. The van der Waals surface area contributed by atoms with Crippen molar-refractivity contribution in [2.45, 2.75) is 4.90 Å². The van der Waals surface area contributed by atoms with Gasteiger partial charge in [-0.25, -0.2) is 12.8 Å². The summed E-state index contributed by atoms with van der Waals surface area (Å²) in [6, 6.07) is 10.5. The fraction of sp³-hybridized carbons (Fsp3) is 0.316. The Bertz CT molecular complexity index is 1020. The molecule has 2 aliphatic rings. The van der Waals surface area contributed by atoms with Crippen molar-refractivity contribution in [3.05, 3.63) is 48.3 Å². The third-order valence-electron chi connectivity index (χ3n) is 4.81. The fourth-order valence-electron chi connectivity index (χ4n) is 3.30. The summed E-state index contributed by atoms with van der Waals surface area (Å²) in [7, 11) is -3.89. The number of piperazine rings is 1. The van der Waals surface area contributed by atoms with E-state index in [1.807, 2.05) is 4.90 Å². The lowest BCUT2D eigenvalue weighted by Crippen LogP contribution is -2.50. The molecule has 29 heavy (non-hydrogen) atoms. The summed E-state index contributed by atoms with van der Waals surface area (Å²) in [5.74, 6) is 0.234. The number of ether oxygens (including phenoxy) is 2. The Hall–Kier alpha value is -2.69. The zero-order chi connectivity index (χ0) is 20.4. The Balaban J connectivity index is 1.32. The van der Waals surface area contributed by atoms with E-state index in [2.05, 4.69) is 5.32 Å². The van der Waals surface area contributed by atoms with Gasteiger partial charge in [-0.2, -0.15) is 4.31 Å². The summed E-state index contributed by atoms with van der Waals surface area (Å²) in [5.41, 5.74) is 0.597. The van der Waals surface area contributed by atoms with Gasteiger partial charge in [0.2, 0.25) is 22.7 Å². The van der Waals surface area contributed by atoms with E-state index < -0.39 is 15.8 Å². The second kappa shape index (κ2) is 7.97. The molecular formula is C19H20FN3O5S. The van der Waals surface area contributed by atoms with Crippen LogP contribution in [0, 0.1) is 5.82 Å². The highest BCUT2D eigenvalue weighted by Gasteiger charge is 2.30. The molecule has 2 aliphatic heterocycles. The fourth-order valence-corrected chi connectivity index (χ4v) is 4.79. The molecule has 0 atom stereocenters. The number of nitrogens with one attached hydrogen (secondary N) is 1. The Morgan fingerprint density at radius 2 is 1.76 bits per heavy atom.